The maximum atomic E-state index is 11.4. The van der Waals surface area contributed by atoms with Crippen LogP contribution in [0.25, 0.3) is 6.08 Å². The summed E-state index contributed by atoms with van der Waals surface area (Å²) in [5.74, 6) is -0.295. The number of carbonyl (C=O) groups excluding carboxylic acids is 1. The second kappa shape index (κ2) is 9.42. The fourth-order valence-corrected chi connectivity index (χ4v) is 1.43. The maximum Gasteiger partial charge on any atom is 0.330 e. The van der Waals surface area contributed by atoms with Crippen LogP contribution in [-0.4, -0.2) is 25.7 Å². The molecule has 0 unspecified atom stereocenters. The molecule has 1 N–H and O–H groups in total. The molecule has 3 nitrogen and oxygen atoms in total. The predicted octanol–water partition coefficient (Wildman–Crippen LogP) is 2.63. The van der Waals surface area contributed by atoms with E-state index in [0.717, 1.165) is 18.5 Å². The van der Waals surface area contributed by atoms with E-state index in [0.29, 0.717) is 13.2 Å². The average molecular weight is 247 g/mol. The summed E-state index contributed by atoms with van der Waals surface area (Å²) in [5.41, 5.74) is 0.996. The lowest BCUT2D eigenvalue weighted by Gasteiger charge is -2.03. The normalized spacial score (nSPS) is 10.7. The van der Waals surface area contributed by atoms with Gasteiger partial charge in [-0.3, -0.25) is 0 Å². The zero-order valence-electron chi connectivity index (χ0n) is 10.9. The first-order valence-electron chi connectivity index (χ1n) is 6.43. The van der Waals surface area contributed by atoms with Gasteiger partial charge < -0.3 is 10.1 Å². The van der Waals surface area contributed by atoms with Crippen LogP contribution in [0.15, 0.2) is 36.4 Å². The zero-order chi connectivity index (χ0) is 13.1. The summed E-state index contributed by atoms with van der Waals surface area (Å²) in [6.45, 7) is 4.26. The second-order valence-electron chi connectivity index (χ2n) is 4.02. The van der Waals surface area contributed by atoms with Crippen LogP contribution in [0.2, 0.25) is 0 Å². The lowest BCUT2D eigenvalue weighted by atomic mass is 10.2. The van der Waals surface area contributed by atoms with Gasteiger partial charge in [0.1, 0.15) is 6.61 Å². The SMILES string of the molecule is CCCCNCCOC(=O)/C=C/c1ccccc1. The summed E-state index contributed by atoms with van der Waals surface area (Å²) in [7, 11) is 0. The van der Waals surface area contributed by atoms with Crippen LogP contribution >= 0.6 is 0 Å². The fourth-order valence-electron chi connectivity index (χ4n) is 1.43. The Morgan fingerprint density at radius 2 is 2.06 bits per heavy atom. The van der Waals surface area contributed by atoms with Crippen molar-refractivity contribution in [2.75, 3.05) is 19.7 Å². The Morgan fingerprint density at radius 3 is 2.78 bits per heavy atom. The number of rotatable bonds is 8. The van der Waals surface area contributed by atoms with E-state index in [4.69, 9.17) is 4.74 Å². The summed E-state index contributed by atoms with van der Waals surface area (Å²) in [4.78, 5) is 11.4. The summed E-state index contributed by atoms with van der Waals surface area (Å²) < 4.78 is 5.06. The highest BCUT2D eigenvalue weighted by Crippen LogP contribution is 2.00. The van der Waals surface area contributed by atoms with E-state index in [9.17, 15) is 4.79 Å². The highest BCUT2D eigenvalue weighted by Gasteiger charge is 1.96. The fraction of sp³-hybridized carbons (Fsp3) is 0.400. The van der Waals surface area contributed by atoms with Gasteiger partial charge in [-0.1, -0.05) is 43.7 Å². The Bertz CT molecular complexity index is 360. The van der Waals surface area contributed by atoms with Gasteiger partial charge in [-0.05, 0) is 24.6 Å². The Morgan fingerprint density at radius 1 is 1.28 bits per heavy atom. The number of benzene rings is 1. The van der Waals surface area contributed by atoms with Gasteiger partial charge >= 0.3 is 5.97 Å². The lowest BCUT2D eigenvalue weighted by Crippen LogP contribution is -2.21. The third-order valence-electron chi connectivity index (χ3n) is 2.44. The molecule has 0 heterocycles. The molecule has 98 valence electrons. The van der Waals surface area contributed by atoms with Crippen molar-refractivity contribution >= 4 is 12.0 Å². The van der Waals surface area contributed by atoms with Crippen LogP contribution in [0, 0.1) is 0 Å². The van der Waals surface area contributed by atoms with Crippen molar-refractivity contribution in [3.05, 3.63) is 42.0 Å². The summed E-state index contributed by atoms with van der Waals surface area (Å²) in [6, 6.07) is 9.69. The van der Waals surface area contributed by atoms with Crippen molar-refractivity contribution in [2.24, 2.45) is 0 Å². The second-order valence-corrected chi connectivity index (χ2v) is 4.02. The van der Waals surface area contributed by atoms with E-state index >= 15 is 0 Å². The van der Waals surface area contributed by atoms with Crippen LogP contribution in [0.4, 0.5) is 0 Å². The highest BCUT2D eigenvalue weighted by atomic mass is 16.5. The molecule has 0 saturated carbocycles. The average Bonchev–Trinajstić information content (AvgIpc) is 2.41. The molecule has 18 heavy (non-hydrogen) atoms. The first-order valence-corrected chi connectivity index (χ1v) is 6.43. The molecule has 0 amide bonds. The van der Waals surface area contributed by atoms with E-state index < -0.39 is 0 Å². The van der Waals surface area contributed by atoms with Gasteiger partial charge in [-0.25, -0.2) is 4.79 Å². The van der Waals surface area contributed by atoms with E-state index in [2.05, 4.69) is 12.2 Å². The molecule has 0 spiro atoms. The van der Waals surface area contributed by atoms with Crippen LogP contribution in [0.5, 0.6) is 0 Å². The first-order chi connectivity index (χ1) is 8.83. The molecule has 0 radical (unpaired) electrons. The quantitative estimate of drug-likeness (QED) is 0.436. The van der Waals surface area contributed by atoms with Gasteiger partial charge in [0, 0.05) is 12.6 Å². The molecule has 1 aromatic carbocycles. The number of carbonyl (C=O) groups is 1. The minimum atomic E-state index is -0.295. The van der Waals surface area contributed by atoms with E-state index in [-0.39, 0.29) is 5.97 Å². The van der Waals surface area contributed by atoms with Crippen molar-refractivity contribution < 1.29 is 9.53 Å². The third kappa shape index (κ3) is 6.86. The van der Waals surface area contributed by atoms with Gasteiger partial charge in [0.15, 0.2) is 0 Å². The molecule has 0 saturated heterocycles. The number of hydrogen-bond acceptors (Lipinski definition) is 3. The molecule has 1 aromatic rings. The minimum absolute atomic E-state index is 0.295. The predicted molar refractivity (Wildman–Crippen MR) is 74.2 cm³/mol. The van der Waals surface area contributed by atoms with Crippen LogP contribution < -0.4 is 5.32 Å². The molecule has 0 atom stereocenters. The zero-order valence-corrected chi connectivity index (χ0v) is 10.9. The van der Waals surface area contributed by atoms with Gasteiger partial charge in [-0.15, -0.1) is 0 Å². The minimum Gasteiger partial charge on any atom is -0.461 e. The largest absolute Gasteiger partial charge is 0.461 e. The molecular weight excluding hydrogens is 226 g/mol. The van der Waals surface area contributed by atoms with Crippen molar-refractivity contribution in [2.45, 2.75) is 19.8 Å². The Balaban J connectivity index is 2.12. The highest BCUT2D eigenvalue weighted by molar-refractivity contribution is 5.86. The number of unbranched alkanes of at least 4 members (excludes halogenated alkanes) is 1. The summed E-state index contributed by atoms with van der Waals surface area (Å²) in [5, 5.41) is 3.21. The van der Waals surface area contributed by atoms with Gasteiger partial charge in [0.05, 0.1) is 0 Å². The smallest absolute Gasteiger partial charge is 0.330 e. The lowest BCUT2D eigenvalue weighted by molar-refractivity contribution is -0.137. The Kier molecular flexibility index (Phi) is 7.57. The van der Waals surface area contributed by atoms with Gasteiger partial charge in [0.25, 0.3) is 0 Å². The summed E-state index contributed by atoms with van der Waals surface area (Å²) in [6.07, 6.45) is 5.54. The van der Waals surface area contributed by atoms with Gasteiger partial charge in [-0.2, -0.15) is 0 Å². The monoisotopic (exact) mass is 247 g/mol. The molecule has 0 aliphatic carbocycles. The standard InChI is InChI=1S/C15H21NO2/c1-2-3-11-16-12-13-18-15(17)10-9-14-7-5-4-6-8-14/h4-10,16H,2-3,11-13H2,1H3/b10-9+. The van der Waals surface area contributed by atoms with Gasteiger partial charge in [0.2, 0.25) is 0 Å². The summed E-state index contributed by atoms with van der Waals surface area (Å²) >= 11 is 0. The molecule has 3 heteroatoms. The Hall–Kier alpha value is -1.61. The molecule has 0 aliphatic heterocycles. The van der Waals surface area contributed by atoms with E-state index in [1.807, 2.05) is 30.3 Å². The van der Waals surface area contributed by atoms with Crippen molar-refractivity contribution in [3.63, 3.8) is 0 Å². The van der Waals surface area contributed by atoms with Crippen molar-refractivity contribution in [1.82, 2.24) is 5.32 Å². The molecule has 1 rings (SSSR count). The van der Waals surface area contributed by atoms with Crippen LogP contribution in [0.3, 0.4) is 0 Å². The topological polar surface area (TPSA) is 38.3 Å². The molecule has 0 fully saturated rings. The van der Waals surface area contributed by atoms with Crippen molar-refractivity contribution in [1.29, 1.82) is 0 Å². The first kappa shape index (κ1) is 14.5. The molecular formula is C15H21NO2. The van der Waals surface area contributed by atoms with Crippen LogP contribution in [-0.2, 0) is 9.53 Å². The maximum absolute atomic E-state index is 11.4. The third-order valence-corrected chi connectivity index (χ3v) is 2.44. The van der Waals surface area contributed by atoms with Crippen LogP contribution in [0.1, 0.15) is 25.3 Å². The Labute approximate surface area is 109 Å². The molecule has 0 bridgehead atoms. The molecule has 0 aromatic heterocycles. The number of hydrogen-bond donors (Lipinski definition) is 1. The van der Waals surface area contributed by atoms with E-state index in [1.54, 1.807) is 6.08 Å². The number of nitrogens with one attached hydrogen (secondary N) is 1. The number of ether oxygens (including phenoxy) is 1. The van der Waals surface area contributed by atoms with Crippen molar-refractivity contribution in [3.8, 4) is 0 Å². The number of esters is 1. The van der Waals surface area contributed by atoms with E-state index in [1.165, 1.54) is 12.5 Å². The molecule has 0 aliphatic rings.